The molecule has 12 nitrogen and oxygen atoms in total. The first-order chi connectivity index (χ1) is 25.5. The fourth-order valence-electron chi connectivity index (χ4n) is 6.79. The molecule has 2 aromatic rings. The standard InChI is InChI=1S/C40H58N4O8S/c1-6-7-8-9-10-11-12-13-14-15-16-17-18-19-20-23-28-43-36(41-31-24-21-22-25-34(31)53(43,48)49)35(44-38(46)40(2,3)52-39(44)47)37(45)42-32-29-30(50-4)26-27-33(32)51-5/h21-22,24-27,29,35H,6-20,23,28H2,1-5H3,(H,42,45). The molecule has 4 rings (SSSR count). The molecular formula is C40H58N4O8S. The van der Waals surface area contributed by atoms with Gasteiger partial charge in [0.2, 0.25) is 0 Å². The van der Waals surface area contributed by atoms with Crippen molar-refractivity contribution in [2.75, 3.05) is 26.1 Å². The topological polar surface area (TPSA) is 144 Å². The Morgan fingerprint density at radius 1 is 0.830 bits per heavy atom. The number of sulfonamides is 1. The van der Waals surface area contributed by atoms with Crippen LogP contribution in [-0.2, 0) is 24.3 Å². The van der Waals surface area contributed by atoms with Crippen molar-refractivity contribution in [1.82, 2.24) is 9.21 Å². The Hall–Kier alpha value is -4.13. The summed E-state index contributed by atoms with van der Waals surface area (Å²) in [7, 11) is -1.34. The molecule has 1 unspecified atom stereocenters. The molecule has 2 heterocycles. The lowest BCUT2D eigenvalue weighted by Crippen LogP contribution is -2.59. The number of hydrogen-bond acceptors (Lipinski definition) is 9. The summed E-state index contributed by atoms with van der Waals surface area (Å²) in [5, 5.41) is 2.73. The number of anilines is 1. The van der Waals surface area contributed by atoms with Gasteiger partial charge < -0.3 is 19.5 Å². The molecule has 292 valence electrons. The van der Waals surface area contributed by atoms with Gasteiger partial charge in [-0.15, -0.1) is 0 Å². The lowest BCUT2D eigenvalue weighted by Gasteiger charge is -2.35. The molecule has 0 bridgehead atoms. The van der Waals surface area contributed by atoms with Gasteiger partial charge in [0.25, 0.3) is 21.8 Å². The fraction of sp³-hybridized carbons (Fsp3) is 0.600. The molecule has 0 saturated carbocycles. The van der Waals surface area contributed by atoms with Crippen LogP contribution < -0.4 is 14.8 Å². The number of nitrogens with one attached hydrogen (secondary N) is 1. The number of para-hydroxylation sites is 1. The highest BCUT2D eigenvalue weighted by molar-refractivity contribution is 7.90. The Morgan fingerprint density at radius 3 is 1.92 bits per heavy atom. The monoisotopic (exact) mass is 754 g/mol. The summed E-state index contributed by atoms with van der Waals surface area (Å²) < 4.78 is 45.7. The summed E-state index contributed by atoms with van der Waals surface area (Å²) in [5.74, 6) is -1.27. The van der Waals surface area contributed by atoms with Crippen molar-refractivity contribution in [3.05, 3.63) is 42.5 Å². The zero-order chi connectivity index (χ0) is 38.4. The number of unbranched alkanes of at least 4 members (excludes halogenated alkanes) is 15. The molecule has 0 aromatic heterocycles. The second-order valence-electron chi connectivity index (χ2n) is 14.3. The van der Waals surface area contributed by atoms with E-state index in [1.54, 1.807) is 24.3 Å². The van der Waals surface area contributed by atoms with E-state index in [1.807, 2.05) is 0 Å². The minimum Gasteiger partial charge on any atom is -0.497 e. The Labute approximate surface area is 315 Å². The number of carbonyl (C=O) groups excluding carboxylic acids is 3. The molecule has 3 amide bonds. The number of imide groups is 1. The summed E-state index contributed by atoms with van der Waals surface area (Å²) in [4.78, 5) is 46.6. The van der Waals surface area contributed by atoms with Crippen LogP contribution in [0.15, 0.2) is 52.4 Å². The minimum atomic E-state index is -4.23. The third-order valence-corrected chi connectivity index (χ3v) is 11.7. The number of ether oxygens (including phenoxy) is 3. The van der Waals surface area contributed by atoms with E-state index in [9.17, 15) is 22.8 Å². The third kappa shape index (κ3) is 10.7. The normalized spacial score (nSPS) is 16.5. The maximum atomic E-state index is 14.3. The molecule has 1 N–H and O–H groups in total. The second kappa shape index (κ2) is 19.8. The molecule has 0 radical (unpaired) electrons. The molecule has 53 heavy (non-hydrogen) atoms. The lowest BCUT2D eigenvalue weighted by atomic mass is 10.0. The number of cyclic esters (lactones) is 1. The van der Waals surface area contributed by atoms with Gasteiger partial charge >= 0.3 is 6.09 Å². The van der Waals surface area contributed by atoms with Crippen LogP contribution in [0.25, 0.3) is 0 Å². The Balaban J connectivity index is 1.47. The first kappa shape index (κ1) is 41.6. The van der Waals surface area contributed by atoms with Crippen LogP contribution in [0, 0.1) is 0 Å². The average molecular weight is 755 g/mol. The highest BCUT2D eigenvalue weighted by Crippen LogP contribution is 2.37. The molecule has 0 spiro atoms. The molecule has 0 aliphatic carbocycles. The van der Waals surface area contributed by atoms with E-state index < -0.39 is 39.6 Å². The third-order valence-electron chi connectivity index (χ3n) is 9.83. The van der Waals surface area contributed by atoms with Crippen LogP contribution in [-0.4, -0.2) is 73.8 Å². The van der Waals surface area contributed by atoms with Gasteiger partial charge in [0.1, 0.15) is 16.4 Å². The Morgan fingerprint density at radius 2 is 1.40 bits per heavy atom. The van der Waals surface area contributed by atoms with E-state index in [1.165, 1.54) is 117 Å². The van der Waals surface area contributed by atoms with E-state index in [0.29, 0.717) is 17.1 Å². The highest BCUT2D eigenvalue weighted by atomic mass is 32.2. The summed E-state index contributed by atoms with van der Waals surface area (Å²) >= 11 is 0. The Kier molecular flexibility index (Phi) is 15.6. The fourth-order valence-corrected chi connectivity index (χ4v) is 8.42. The van der Waals surface area contributed by atoms with E-state index in [0.717, 1.165) is 30.0 Å². The number of carbonyl (C=O) groups is 3. The van der Waals surface area contributed by atoms with Gasteiger partial charge in [-0.3, -0.25) is 13.9 Å². The van der Waals surface area contributed by atoms with Gasteiger partial charge in [0, 0.05) is 12.6 Å². The largest absolute Gasteiger partial charge is 0.497 e. The number of amidine groups is 1. The molecule has 2 aliphatic heterocycles. The number of amides is 3. The molecule has 1 fully saturated rings. The quantitative estimate of drug-likeness (QED) is 0.111. The van der Waals surface area contributed by atoms with Crippen molar-refractivity contribution >= 4 is 45.1 Å². The SMILES string of the molecule is CCCCCCCCCCCCCCCCCCN1C(C(C(=O)Nc2cc(OC)ccc2OC)N2C(=O)OC(C)(C)C2=O)=Nc2ccccc2S1(=O)=O. The Bertz CT molecular complexity index is 1690. The van der Waals surface area contributed by atoms with Crippen LogP contribution in [0.5, 0.6) is 11.5 Å². The number of methoxy groups -OCH3 is 2. The smallest absolute Gasteiger partial charge is 0.418 e. The summed E-state index contributed by atoms with van der Waals surface area (Å²) in [6.45, 7) is 5.07. The average Bonchev–Trinajstić information content (AvgIpc) is 3.33. The van der Waals surface area contributed by atoms with E-state index in [2.05, 4.69) is 17.2 Å². The van der Waals surface area contributed by atoms with Gasteiger partial charge in [-0.05, 0) is 44.5 Å². The number of nitrogens with zero attached hydrogens (tertiary/aromatic N) is 3. The van der Waals surface area contributed by atoms with Crippen molar-refractivity contribution < 1.29 is 37.0 Å². The van der Waals surface area contributed by atoms with Gasteiger partial charge in [0.05, 0.1) is 25.6 Å². The van der Waals surface area contributed by atoms with Crippen molar-refractivity contribution in [1.29, 1.82) is 0 Å². The predicted octanol–water partition coefficient (Wildman–Crippen LogP) is 8.76. The van der Waals surface area contributed by atoms with Crippen molar-refractivity contribution in [2.24, 2.45) is 4.99 Å². The molecule has 2 aliphatic rings. The maximum absolute atomic E-state index is 14.3. The van der Waals surface area contributed by atoms with E-state index in [-0.39, 0.29) is 34.4 Å². The van der Waals surface area contributed by atoms with Crippen LogP contribution in [0.1, 0.15) is 124 Å². The van der Waals surface area contributed by atoms with Crippen LogP contribution in [0.3, 0.4) is 0 Å². The first-order valence-corrected chi connectivity index (χ1v) is 20.7. The molecule has 1 saturated heterocycles. The number of benzene rings is 2. The summed E-state index contributed by atoms with van der Waals surface area (Å²) in [6, 6.07) is 9.17. The zero-order valence-corrected chi connectivity index (χ0v) is 33.0. The van der Waals surface area contributed by atoms with Crippen LogP contribution in [0.4, 0.5) is 16.2 Å². The lowest BCUT2D eigenvalue weighted by molar-refractivity contribution is -0.137. The highest BCUT2D eigenvalue weighted by Gasteiger charge is 2.55. The van der Waals surface area contributed by atoms with Gasteiger partial charge in [-0.25, -0.2) is 23.1 Å². The number of fused-ring (bicyclic) bond motifs is 1. The first-order valence-electron chi connectivity index (χ1n) is 19.3. The van der Waals surface area contributed by atoms with Crippen molar-refractivity contribution in [3.63, 3.8) is 0 Å². The number of aliphatic imine (C=N–C) groups is 1. The zero-order valence-electron chi connectivity index (χ0n) is 32.2. The maximum Gasteiger partial charge on any atom is 0.418 e. The molecular weight excluding hydrogens is 697 g/mol. The van der Waals surface area contributed by atoms with E-state index >= 15 is 0 Å². The van der Waals surface area contributed by atoms with Gasteiger partial charge in [0.15, 0.2) is 17.5 Å². The minimum absolute atomic E-state index is 0.000672. The van der Waals surface area contributed by atoms with Gasteiger partial charge in [-0.1, -0.05) is 115 Å². The van der Waals surface area contributed by atoms with Crippen molar-refractivity contribution in [3.8, 4) is 11.5 Å². The second-order valence-corrected chi connectivity index (χ2v) is 16.2. The van der Waals surface area contributed by atoms with Crippen LogP contribution in [0.2, 0.25) is 0 Å². The van der Waals surface area contributed by atoms with Crippen LogP contribution >= 0.6 is 0 Å². The number of hydrogen-bond donors (Lipinski definition) is 1. The predicted molar refractivity (Wildman–Crippen MR) is 206 cm³/mol. The number of rotatable bonds is 23. The van der Waals surface area contributed by atoms with Crippen molar-refractivity contribution in [2.45, 2.75) is 140 Å². The summed E-state index contributed by atoms with van der Waals surface area (Å²) in [6.07, 6.45) is 17.6. The summed E-state index contributed by atoms with van der Waals surface area (Å²) in [5.41, 5.74) is -1.31. The van der Waals surface area contributed by atoms with Gasteiger partial charge in [-0.2, -0.15) is 0 Å². The molecule has 1 atom stereocenters. The molecule has 13 heteroatoms. The molecule has 2 aromatic carbocycles. The van der Waals surface area contributed by atoms with E-state index in [4.69, 9.17) is 14.2 Å².